The molecule has 0 saturated heterocycles. The predicted molar refractivity (Wildman–Crippen MR) is 83.2 cm³/mol. The van der Waals surface area contributed by atoms with E-state index in [1.54, 1.807) is 17.8 Å². The Kier molecular flexibility index (Phi) is 3.33. The van der Waals surface area contributed by atoms with Crippen molar-refractivity contribution in [3.05, 3.63) is 52.7 Å². The fourth-order valence-corrected chi connectivity index (χ4v) is 2.16. The van der Waals surface area contributed by atoms with Crippen molar-refractivity contribution < 1.29 is 4.79 Å². The van der Waals surface area contributed by atoms with Gasteiger partial charge in [-0.1, -0.05) is 24.0 Å². The molecule has 1 aromatic carbocycles. The first-order valence-electron chi connectivity index (χ1n) is 6.77. The number of hydrogen-bond acceptors (Lipinski definition) is 3. The SMILES string of the molecule is CC(=O)c1ccc(C)c(C#Cc2cnn3c2NCC=C3)c1. The summed E-state index contributed by atoms with van der Waals surface area (Å²) in [6, 6.07) is 5.60. The Bertz CT molecular complexity index is 803. The number of hydrogen-bond donors (Lipinski definition) is 1. The molecule has 0 fully saturated rings. The molecule has 1 aliphatic rings. The largest absolute Gasteiger partial charge is 0.365 e. The topological polar surface area (TPSA) is 46.9 Å². The maximum absolute atomic E-state index is 11.5. The van der Waals surface area contributed by atoms with Crippen LogP contribution in [0.4, 0.5) is 5.82 Å². The van der Waals surface area contributed by atoms with Gasteiger partial charge in [-0.05, 0) is 31.6 Å². The summed E-state index contributed by atoms with van der Waals surface area (Å²) in [5, 5.41) is 7.50. The van der Waals surface area contributed by atoms with Gasteiger partial charge in [0, 0.05) is 23.9 Å². The molecule has 3 rings (SSSR count). The summed E-state index contributed by atoms with van der Waals surface area (Å²) in [6.07, 6.45) is 5.66. The molecule has 1 aromatic heterocycles. The average molecular weight is 277 g/mol. The van der Waals surface area contributed by atoms with Gasteiger partial charge in [0.2, 0.25) is 0 Å². The van der Waals surface area contributed by atoms with E-state index in [1.165, 1.54) is 0 Å². The second kappa shape index (κ2) is 5.29. The molecule has 2 aromatic rings. The number of nitrogens with one attached hydrogen (secondary N) is 1. The first kappa shape index (κ1) is 13.2. The van der Waals surface area contributed by atoms with Crippen LogP contribution in [-0.2, 0) is 0 Å². The highest BCUT2D eigenvalue weighted by Gasteiger charge is 2.09. The molecule has 4 nitrogen and oxygen atoms in total. The molecule has 21 heavy (non-hydrogen) atoms. The van der Waals surface area contributed by atoms with Crippen LogP contribution in [-0.4, -0.2) is 22.1 Å². The Morgan fingerprint density at radius 2 is 2.14 bits per heavy atom. The van der Waals surface area contributed by atoms with E-state index < -0.39 is 0 Å². The molecule has 1 aliphatic heterocycles. The standard InChI is InChI=1S/C17H15N3O/c1-12-4-5-15(13(2)21)10-14(12)6-7-16-11-19-20-9-3-8-18-17(16)20/h3-5,9-11,18H,8H2,1-2H3. The van der Waals surface area contributed by atoms with E-state index in [0.717, 1.165) is 29.1 Å². The van der Waals surface area contributed by atoms with Crippen molar-refractivity contribution in [3.63, 3.8) is 0 Å². The van der Waals surface area contributed by atoms with Crippen LogP contribution in [0.5, 0.6) is 0 Å². The Hall–Kier alpha value is -2.80. The van der Waals surface area contributed by atoms with Crippen LogP contribution in [0.3, 0.4) is 0 Å². The van der Waals surface area contributed by atoms with Crippen molar-refractivity contribution >= 4 is 17.8 Å². The fourth-order valence-electron chi connectivity index (χ4n) is 2.16. The summed E-state index contributed by atoms with van der Waals surface area (Å²) in [7, 11) is 0. The van der Waals surface area contributed by atoms with Gasteiger partial charge in [0.05, 0.1) is 11.8 Å². The molecule has 1 N–H and O–H groups in total. The van der Waals surface area contributed by atoms with Gasteiger partial charge in [-0.25, -0.2) is 4.68 Å². The lowest BCUT2D eigenvalue weighted by molar-refractivity contribution is 0.101. The van der Waals surface area contributed by atoms with Gasteiger partial charge in [0.1, 0.15) is 5.82 Å². The molecule has 4 heteroatoms. The van der Waals surface area contributed by atoms with Gasteiger partial charge in [0.25, 0.3) is 0 Å². The van der Waals surface area contributed by atoms with Crippen LogP contribution in [0.25, 0.3) is 6.20 Å². The number of rotatable bonds is 1. The van der Waals surface area contributed by atoms with Gasteiger partial charge in [-0.2, -0.15) is 5.10 Å². The first-order chi connectivity index (χ1) is 10.1. The molecule has 0 atom stereocenters. The number of anilines is 1. The summed E-state index contributed by atoms with van der Waals surface area (Å²) in [5.41, 5.74) is 3.46. The maximum atomic E-state index is 11.5. The van der Waals surface area contributed by atoms with E-state index in [0.29, 0.717) is 5.56 Å². The highest BCUT2D eigenvalue weighted by molar-refractivity contribution is 5.94. The van der Waals surface area contributed by atoms with Crippen LogP contribution >= 0.6 is 0 Å². The normalized spacial score (nSPS) is 12.1. The summed E-state index contributed by atoms with van der Waals surface area (Å²) >= 11 is 0. The molecule has 2 heterocycles. The second-order valence-electron chi connectivity index (χ2n) is 4.95. The first-order valence-corrected chi connectivity index (χ1v) is 6.77. The molecule has 0 bridgehead atoms. The zero-order valence-corrected chi connectivity index (χ0v) is 12.0. The maximum Gasteiger partial charge on any atom is 0.159 e. The minimum atomic E-state index is 0.0489. The zero-order chi connectivity index (χ0) is 14.8. The molecule has 0 amide bonds. The van der Waals surface area contributed by atoms with Gasteiger partial charge in [0.15, 0.2) is 5.78 Å². The highest BCUT2D eigenvalue weighted by Crippen LogP contribution is 2.17. The van der Waals surface area contributed by atoms with Crippen molar-refractivity contribution in [2.45, 2.75) is 13.8 Å². The molecule has 0 spiro atoms. The third kappa shape index (κ3) is 2.59. The lowest BCUT2D eigenvalue weighted by atomic mass is 10.0. The highest BCUT2D eigenvalue weighted by atomic mass is 16.1. The zero-order valence-electron chi connectivity index (χ0n) is 12.0. The van der Waals surface area contributed by atoms with E-state index >= 15 is 0 Å². The van der Waals surface area contributed by atoms with Crippen molar-refractivity contribution in [1.82, 2.24) is 9.78 Å². The second-order valence-corrected chi connectivity index (χ2v) is 4.95. The van der Waals surface area contributed by atoms with Crippen LogP contribution in [0.2, 0.25) is 0 Å². The van der Waals surface area contributed by atoms with Crippen LogP contribution < -0.4 is 5.32 Å². The van der Waals surface area contributed by atoms with E-state index in [2.05, 4.69) is 22.3 Å². The Morgan fingerprint density at radius 1 is 1.33 bits per heavy atom. The van der Waals surface area contributed by atoms with Crippen molar-refractivity contribution in [1.29, 1.82) is 0 Å². The number of benzene rings is 1. The summed E-state index contributed by atoms with van der Waals surface area (Å²) in [6.45, 7) is 4.33. The van der Waals surface area contributed by atoms with E-state index in [4.69, 9.17) is 0 Å². The third-order valence-corrected chi connectivity index (χ3v) is 3.41. The number of carbonyl (C=O) groups is 1. The Morgan fingerprint density at radius 3 is 2.95 bits per heavy atom. The minimum absolute atomic E-state index is 0.0489. The summed E-state index contributed by atoms with van der Waals surface area (Å²) < 4.78 is 1.77. The van der Waals surface area contributed by atoms with E-state index in [9.17, 15) is 4.79 Å². The van der Waals surface area contributed by atoms with Crippen molar-refractivity contribution in [2.24, 2.45) is 0 Å². The molecular formula is C17H15N3O. The molecule has 0 aliphatic carbocycles. The number of aryl methyl sites for hydroxylation is 1. The number of nitrogens with zero attached hydrogens (tertiary/aromatic N) is 2. The van der Waals surface area contributed by atoms with E-state index in [1.807, 2.05) is 37.4 Å². The number of fused-ring (bicyclic) bond motifs is 1. The average Bonchev–Trinajstić information content (AvgIpc) is 2.89. The third-order valence-electron chi connectivity index (χ3n) is 3.41. The number of carbonyl (C=O) groups excluding carboxylic acids is 1. The minimum Gasteiger partial charge on any atom is -0.365 e. The summed E-state index contributed by atoms with van der Waals surface area (Å²) in [5.74, 6) is 7.23. The van der Waals surface area contributed by atoms with Gasteiger partial charge in [-0.3, -0.25) is 4.79 Å². The number of aromatic nitrogens is 2. The smallest absolute Gasteiger partial charge is 0.159 e. The molecule has 0 saturated carbocycles. The number of ketones is 1. The quantitative estimate of drug-likeness (QED) is 0.644. The lowest BCUT2D eigenvalue weighted by Crippen LogP contribution is -2.09. The molecule has 104 valence electrons. The van der Waals surface area contributed by atoms with Gasteiger partial charge >= 0.3 is 0 Å². The van der Waals surface area contributed by atoms with Crippen LogP contribution in [0, 0.1) is 18.8 Å². The van der Waals surface area contributed by atoms with Crippen LogP contribution in [0.1, 0.15) is 34.0 Å². The van der Waals surface area contributed by atoms with E-state index in [-0.39, 0.29) is 5.78 Å². The molecule has 0 radical (unpaired) electrons. The Balaban J connectivity index is 1.98. The molecule has 0 unspecified atom stereocenters. The van der Waals surface area contributed by atoms with Crippen molar-refractivity contribution in [3.8, 4) is 11.8 Å². The summed E-state index contributed by atoms with van der Waals surface area (Å²) in [4.78, 5) is 11.5. The van der Waals surface area contributed by atoms with Gasteiger partial charge < -0.3 is 5.32 Å². The van der Waals surface area contributed by atoms with Crippen LogP contribution in [0.15, 0.2) is 30.5 Å². The predicted octanol–water partition coefficient (Wildman–Crippen LogP) is 2.69. The van der Waals surface area contributed by atoms with Gasteiger partial charge in [-0.15, -0.1) is 0 Å². The monoisotopic (exact) mass is 277 g/mol. The van der Waals surface area contributed by atoms with Crippen molar-refractivity contribution in [2.75, 3.05) is 11.9 Å². The fraction of sp³-hybridized carbons (Fsp3) is 0.176. The molecular weight excluding hydrogens is 262 g/mol. The Labute approximate surface area is 123 Å². The number of Topliss-reactive ketones (excluding diaryl/α,β-unsaturated/α-hetero) is 1. The lowest BCUT2D eigenvalue weighted by Gasteiger charge is -2.09.